The molecule has 0 radical (unpaired) electrons. The number of allylic oxidation sites excluding steroid dienone is 2. The number of nitrogens with one attached hydrogen (secondary N) is 2. The summed E-state index contributed by atoms with van der Waals surface area (Å²) in [5.74, 6) is -5.99. The molecule has 2 saturated heterocycles. The second-order valence-corrected chi connectivity index (χ2v) is 8.03. The number of alkyl carbamates (subject to hydrolysis) is 1. The summed E-state index contributed by atoms with van der Waals surface area (Å²) in [6.07, 6.45) is 6.29. The van der Waals surface area contributed by atoms with Gasteiger partial charge < -0.3 is 25.2 Å². The lowest BCUT2D eigenvalue weighted by Crippen LogP contribution is -2.40. The van der Waals surface area contributed by atoms with Crippen molar-refractivity contribution in [3.05, 3.63) is 12.2 Å². The minimum absolute atomic E-state index is 0.0277. The van der Waals surface area contributed by atoms with Gasteiger partial charge in [-0.3, -0.25) is 4.79 Å². The lowest BCUT2D eigenvalue weighted by molar-refractivity contribution is -0.165. The Morgan fingerprint density at radius 3 is 2.55 bits per heavy atom. The third-order valence-corrected chi connectivity index (χ3v) is 5.77. The van der Waals surface area contributed by atoms with Gasteiger partial charge in [-0.1, -0.05) is 25.5 Å². The topological polar surface area (TPSA) is 114 Å². The van der Waals surface area contributed by atoms with Crippen LogP contribution in [-0.2, 0) is 19.1 Å². The summed E-state index contributed by atoms with van der Waals surface area (Å²) < 4.78 is 37.0. The van der Waals surface area contributed by atoms with E-state index in [4.69, 9.17) is 14.6 Å². The standard InChI is InChI=1S/C21H32F2N2O6/c1-2-3-11-24-20(29)30-13-18(26)25-12-15-14(16-8-9-17(15)31-16)7-5-4-6-10-21(22,23)19(27)28/h4-5,14-17H,2-3,6-13H2,1H3,(H,24,29)(H,25,26)(H,27,28)/t14-,15+,16-,17+/m1/s1. The van der Waals surface area contributed by atoms with Crippen molar-refractivity contribution in [2.75, 3.05) is 19.7 Å². The zero-order valence-corrected chi connectivity index (χ0v) is 17.8. The Hall–Kier alpha value is -2.23. The zero-order chi connectivity index (χ0) is 22.9. The maximum atomic E-state index is 13.1. The van der Waals surface area contributed by atoms with E-state index >= 15 is 0 Å². The molecule has 31 heavy (non-hydrogen) atoms. The van der Waals surface area contributed by atoms with Crippen LogP contribution in [0.1, 0.15) is 51.9 Å². The molecule has 0 aromatic heterocycles. The Bertz CT molecular complexity index is 658. The molecule has 0 aliphatic carbocycles. The van der Waals surface area contributed by atoms with Crippen molar-refractivity contribution in [3.8, 4) is 0 Å². The molecule has 10 heteroatoms. The number of rotatable bonds is 13. The number of carboxylic acid groups (broad SMARTS) is 1. The number of aliphatic carboxylic acids is 1. The van der Waals surface area contributed by atoms with E-state index in [1.165, 1.54) is 0 Å². The van der Waals surface area contributed by atoms with Crippen LogP contribution in [0.3, 0.4) is 0 Å². The minimum Gasteiger partial charge on any atom is -0.477 e. The van der Waals surface area contributed by atoms with Crippen LogP contribution >= 0.6 is 0 Å². The highest BCUT2D eigenvalue weighted by atomic mass is 19.3. The molecule has 2 fully saturated rings. The fraction of sp³-hybridized carbons (Fsp3) is 0.762. The Balaban J connectivity index is 1.72. The molecule has 2 aliphatic heterocycles. The number of ether oxygens (including phenoxy) is 2. The summed E-state index contributed by atoms with van der Waals surface area (Å²) >= 11 is 0. The number of unbranched alkanes of at least 4 members (excludes halogenated alkanes) is 1. The third kappa shape index (κ3) is 7.75. The van der Waals surface area contributed by atoms with Gasteiger partial charge in [0, 0.05) is 25.4 Å². The van der Waals surface area contributed by atoms with Gasteiger partial charge in [-0.15, -0.1) is 0 Å². The van der Waals surface area contributed by atoms with E-state index in [9.17, 15) is 23.2 Å². The van der Waals surface area contributed by atoms with Crippen LogP contribution in [0.4, 0.5) is 13.6 Å². The van der Waals surface area contributed by atoms with Crippen molar-refractivity contribution in [1.82, 2.24) is 10.6 Å². The van der Waals surface area contributed by atoms with Gasteiger partial charge in [-0.25, -0.2) is 9.59 Å². The van der Waals surface area contributed by atoms with Crippen molar-refractivity contribution in [2.45, 2.75) is 70.0 Å². The van der Waals surface area contributed by atoms with Crippen molar-refractivity contribution in [1.29, 1.82) is 0 Å². The van der Waals surface area contributed by atoms with E-state index in [0.717, 1.165) is 25.7 Å². The normalized spacial score (nSPS) is 25.0. The summed E-state index contributed by atoms with van der Waals surface area (Å²) in [4.78, 5) is 33.9. The Kier molecular flexibility index (Phi) is 9.67. The first-order valence-electron chi connectivity index (χ1n) is 10.8. The number of alkyl halides is 2. The lowest BCUT2D eigenvalue weighted by Gasteiger charge is -2.27. The molecule has 2 amide bonds. The fourth-order valence-electron chi connectivity index (χ4n) is 4.05. The highest BCUT2D eigenvalue weighted by molar-refractivity contribution is 5.80. The van der Waals surface area contributed by atoms with E-state index in [0.29, 0.717) is 19.5 Å². The van der Waals surface area contributed by atoms with Crippen LogP contribution in [0.25, 0.3) is 0 Å². The van der Waals surface area contributed by atoms with Crippen LogP contribution in [0, 0.1) is 11.8 Å². The van der Waals surface area contributed by atoms with Gasteiger partial charge in [0.2, 0.25) is 0 Å². The van der Waals surface area contributed by atoms with Gasteiger partial charge in [0.25, 0.3) is 5.91 Å². The molecule has 2 rings (SSSR count). The number of hydrogen-bond acceptors (Lipinski definition) is 5. The largest absolute Gasteiger partial charge is 0.477 e. The number of fused-ring (bicyclic) bond motifs is 2. The summed E-state index contributed by atoms with van der Waals surface area (Å²) in [5, 5.41) is 13.8. The fourth-order valence-corrected chi connectivity index (χ4v) is 4.05. The smallest absolute Gasteiger partial charge is 0.407 e. The summed E-state index contributed by atoms with van der Waals surface area (Å²) in [6, 6.07) is 0. The highest BCUT2D eigenvalue weighted by Crippen LogP contribution is 2.44. The quantitative estimate of drug-likeness (QED) is 0.296. The van der Waals surface area contributed by atoms with Crippen LogP contribution in [0.2, 0.25) is 0 Å². The average Bonchev–Trinajstić information content (AvgIpc) is 3.32. The number of halogens is 2. The van der Waals surface area contributed by atoms with E-state index in [-0.39, 0.29) is 37.1 Å². The van der Waals surface area contributed by atoms with Crippen LogP contribution < -0.4 is 10.6 Å². The predicted molar refractivity (Wildman–Crippen MR) is 108 cm³/mol. The molecule has 0 spiro atoms. The van der Waals surface area contributed by atoms with E-state index < -0.39 is 30.3 Å². The second kappa shape index (κ2) is 12.0. The van der Waals surface area contributed by atoms with Crippen LogP contribution in [0.15, 0.2) is 12.2 Å². The number of carbonyl (C=O) groups is 3. The monoisotopic (exact) mass is 446 g/mol. The number of hydrogen-bond donors (Lipinski definition) is 3. The molecule has 0 aromatic rings. The SMILES string of the molecule is CCCCNC(=O)OCC(=O)NC[C@H]1[C@@H](CC=CCCC(F)(F)C(=O)O)[C@H]2CC[C@@H]1O2. The molecule has 4 atom stereocenters. The van der Waals surface area contributed by atoms with Gasteiger partial charge >= 0.3 is 18.0 Å². The molecular weight excluding hydrogens is 414 g/mol. The molecule has 0 saturated carbocycles. The molecular formula is C21H32F2N2O6. The zero-order valence-electron chi connectivity index (χ0n) is 17.8. The molecule has 8 nitrogen and oxygen atoms in total. The molecule has 176 valence electrons. The molecule has 2 aliphatic rings. The number of carboxylic acids is 1. The Morgan fingerprint density at radius 2 is 1.87 bits per heavy atom. The van der Waals surface area contributed by atoms with Gasteiger partial charge in [0.05, 0.1) is 12.2 Å². The number of amides is 2. The average molecular weight is 446 g/mol. The lowest BCUT2D eigenvalue weighted by atomic mass is 9.77. The minimum atomic E-state index is -3.72. The van der Waals surface area contributed by atoms with Crippen LogP contribution in [0.5, 0.6) is 0 Å². The first-order valence-corrected chi connectivity index (χ1v) is 10.8. The van der Waals surface area contributed by atoms with Gasteiger partial charge in [0.1, 0.15) is 0 Å². The maximum Gasteiger partial charge on any atom is 0.407 e. The van der Waals surface area contributed by atoms with Gasteiger partial charge in [-0.2, -0.15) is 8.78 Å². The molecule has 0 aromatic carbocycles. The highest BCUT2D eigenvalue weighted by Gasteiger charge is 2.48. The summed E-state index contributed by atoms with van der Waals surface area (Å²) in [5.41, 5.74) is 0. The van der Waals surface area contributed by atoms with Crippen molar-refractivity contribution >= 4 is 18.0 Å². The maximum absolute atomic E-state index is 13.1. The van der Waals surface area contributed by atoms with Crippen molar-refractivity contribution in [2.24, 2.45) is 11.8 Å². The van der Waals surface area contributed by atoms with E-state index in [2.05, 4.69) is 10.6 Å². The predicted octanol–water partition coefficient (Wildman–Crippen LogP) is 2.87. The first-order chi connectivity index (χ1) is 14.7. The van der Waals surface area contributed by atoms with Crippen molar-refractivity contribution < 1.29 is 37.7 Å². The van der Waals surface area contributed by atoms with E-state index in [1.54, 1.807) is 12.2 Å². The van der Waals surface area contributed by atoms with Gasteiger partial charge in [-0.05, 0) is 38.0 Å². The summed E-state index contributed by atoms with van der Waals surface area (Å²) in [7, 11) is 0. The molecule has 2 heterocycles. The molecule has 3 N–H and O–H groups in total. The number of carbonyl (C=O) groups excluding carboxylic acids is 2. The Morgan fingerprint density at radius 1 is 1.16 bits per heavy atom. The van der Waals surface area contributed by atoms with Crippen LogP contribution in [-0.4, -0.2) is 60.9 Å². The Labute approximate surface area is 180 Å². The van der Waals surface area contributed by atoms with Crippen molar-refractivity contribution in [3.63, 3.8) is 0 Å². The first kappa shape index (κ1) is 25.0. The molecule has 2 bridgehead atoms. The third-order valence-electron chi connectivity index (χ3n) is 5.77. The molecule has 0 unspecified atom stereocenters. The van der Waals surface area contributed by atoms with Gasteiger partial charge in [0.15, 0.2) is 6.61 Å². The summed E-state index contributed by atoms with van der Waals surface area (Å²) in [6.45, 7) is 2.53. The van der Waals surface area contributed by atoms with E-state index in [1.807, 2.05) is 6.92 Å². The second-order valence-electron chi connectivity index (χ2n) is 8.03.